The van der Waals surface area contributed by atoms with Crippen LogP contribution in [0.1, 0.15) is 78.6 Å². The molecule has 3 heteroatoms. The second-order valence-electron chi connectivity index (χ2n) is 10.0. The van der Waals surface area contributed by atoms with Crippen LogP contribution in [-0.2, 0) is 9.53 Å². The van der Waals surface area contributed by atoms with Crippen LogP contribution in [0.5, 0.6) is 0 Å². The van der Waals surface area contributed by atoms with Gasteiger partial charge in [0.2, 0.25) is 0 Å². The zero-order valence-corrected chi connectivity index (χ0v) is 18.3. The number of ether oxygens (including phenoxy) is 1. The Morgan fingerprint density at radius 1 is 1.15 bits per heavy atom. The quantitative estimate of drug-likeness (QED) is 0.297. The van der Waals surface area contributed by atoms with Crippen LogP contribution in [0.4, 0.5) is 0 Å². The fourth-order valence-electron chi connectivity index (χ4n) is 7.84. The maximum Gasteiger partial charge on any atom is 0.302 e. The second kappa shape index (κ2) is 6.94. The van der Waals surface area contributed by atoms with E-state index in [0.29, 0.717) is 10.8 Å². The molecule has 0 aromatic rings. The summed E-state index contributed by atoms with van der Waals surface area (Å²) in [4.78, 5) is 11.4. The van der Waals surface area contributed by atoms with Crippen molar-refractivity contribution in [2.24, 2.45) is 34.5 Å². The second-order valence-corrected chi connectivity index (χ2v) is 10.7. The molecule has 0 radical (unpaired) electrons. The normalized spacial score (nSPS) is 49.2. The zero-order valence-electron chi connectivity index (χ0n) is 16.7. The first-order valence-corrected chi connectivity index (χ1v) is 11.9. The number of hydrogen-bond donors (Lipinski definition) is 0. The molecule has 0 bridgehead atoms. The third-order valence-electron chi connectivity index (χ3n) is 9.12. The molecule has 0 aromatic carbocycles. The number of esters is 1. The molecule has 0 N–H and O–H groups in total. The number of alkyl halides is 1. The summed E-state index contributed by atoms with van der Waals surface area (Å²) in [5.41, 5.74) is 2.68. The topological polar surface area (TPSA) is 26.3 Å². The van der Waals surface area contributed by atoms with Gasteiger partial charge in [0, 0.05) is 12.3 Å². The van der Waals surface area contributed by atoms with E-state index in [0.717, 1.165) is 41.8 Å². The van der Waals surface area contributed by atoms with Crippen molar-refractivity contribution in [3.63, 3.8) is 0 Å². The molecule has 0 unspecified atom stereocenters. The van der Waals surface area contributed by atoms with Crippen molar-refractivity contribution in [2.45, 2.75) is 84.7 Å². The van der Waals surface area contributed by atoms with Crippen LogP contribution in [0.25, 0.3) is 0 Å². The minimum Gasteiger partial charge on any atom is -0.463 e. The van der Waals surface area contributed by atoms with Crippen LogP contribution in [0.15, 0.2) is 11.6 Å². The largest absolute Gasteiger partial charge is 0.463 e. The van der Waals surface area contributed by atoms with E-state index in [2.05, 4.69) is 35.9 Å². The van der Waals surface area contributed by atoms with Crippen molar-refractivity contribution in [1.82, 2.24) is 0 Å². The van der Waals surface area contributed by atoms with E-state index in [1.54, 1.807) is 12.5 Å². The third kappa shape index (κ3) is 2.91. The molecular formula is C23H35BrO2. The molecule has 146 valence electrons. The average molecular weight is 423 g/mol. The first kappa shape index (κ1) is 19.0. The number of allylic oxidation sites excluding steroid dienone is 2. The summed E-state index contributed by atoms with van der Waals surface area (Å²) in [5, 5.41) is 1.01. The Kier molecular flexibility index (Phi) is 5.08. The Balaban J connectivity index is 1.54. The summed E-state index contributed by atoms with van der Waals surface area (Å²) < 4.78 is 5.60. The van der Waals surface area contributed by atoms with Gasteiger partial charge in [0.05, 0.1) is 0 Å². The molecule has 2 nitrogen and oxygen atoms in total. The van der Waals surface area contributed by atoms with E-state index >= 15 is 0 Å². The van der Waals surface area contributed by atoms with Crippen LogP contribution in [0.2, 0.25) is 0 Å². The molecule has 0 aliphatic heterocycles. The van der Waals surface area contributed by atoms with Gasteiger partial charge >= 0.3 is 5.97 Å². The zero-order chi connectivity index (χ0) is 18.5. The molecule has 4 aliphatic carbocycles. The van der Waals surface area contributed by atoms with Gasteiger partial charge < -0.3 is 4.74 Å². The van der Waals surface area contributed by atoms with E-state index in [1.165, 1.54) is 44.9 Å². The molecule has 4 saturated carbocycles. The van der Waals surface area contributed by atoms with Crippen LogP contribution < -0.4 is 0 Å². The summed E-state index contributed by atoms with van der Waals surface area (Å²) >= 11 is 3.63. The van der Waals surface area contributed by atoms with Crippen LogP contribution in [0.3, 0.4) is 0 Å². The number of fused-ring (bicyclic) bond motifs is 5. The standard InChI is InChI=1S/C23H35BrO2/c1-15(25)26-18-8-11-23(3)17(14-18)4-6-19-20-7-5-16(10-13-24)22(20,2)12-9-21(19)23/h10,17-21H,4-9,11-14H2,1-3H3/b16-10+/t17-,18+,19+,20+,21+,22-,23-/m0/s1. The monoisotopic (exact) mass is 422 g/mol. The van der Waals surface area contributed by atoms with Crippen LogP contribution in [0, 0.1) is 34.5 Å². The molecule has 7 atom stereocenters. The molecule has 4 rings (SSSR count). The SMILES string of the molecule is CC(=O)O[C@@H]1CC[C@@]2(C)[C@@H](CC[C@H]3[C@H]2CC[C@@]2(C)/C(=C/CBr)CC[C@H]32)C1. The van der Waals surface area contributed by atoms with Crippen molar-refractivity contribution in [2.75, 3.05) is 5.33 Å². The molecule has 0 spiro atoms. The van der Waals surface area contributed by atoms with E-state index in [9.17, 15) is 4.79 Å². The van der Waals surface area contributed by atoms with Crippen molar-refractivity contribution in [1.29, 1.82) is 0 Å². The van der Waals surface area contributed by atoms with Gasteiger partial charge in [0.1, 0.15) is 6.10 Å². The van der Waals surface area contributed by atoms with E-state index in [4.69, 9.17) is 4.74 Å². The molecule has 0 saturated heterocycles. The van der Waals surface area contributed by atoms with Gasteiger partial charge in [-0.3, -0.25) is 4.79 Å². The molecule has 4 aliphatic rings. The number of halogens is 1. The average Bonchev–Trinajstić information content (AvgIpc) is 2.92. The van der Waals surface area contributed by atoms with Gasteiger partial charge in [0.25, 0.3) is 0 Å². The lowest BCUT2D eigenvalue weighted by Gasteiger charge is -2.60. The minimum absolute atomic E-state index is 0.0993. The highest BCUT2D eigenvalue weighted by atomic mass is 79.9. The molecule has 0 heterocycles. The summed E-state index contributed by atoms with van der Waals surface area (Å²) in [6, 6.07) is 0. The van der Waals surface area contributed by atoms with Gasteiger partial charge in [0.15, 0.2) is 0 Å². The van der Waals surface area contributed by atoms with Gasteiger partial charge in [-0.2, -0.15) is 0 Å². The lowest BCUT2D eigenvalue weighted by atomic mass is 9.45. The predicted molar refractivity (Wildman–Crippen MR) is 109 cm³/mol. The maximum absolute atomic E-state index is 11.4. The van der Waals surface area contributed by atoms with Gasteiger partial charge in [-0.25, -0.2) is 0 Å². The molecule has 0 aromatic heterocycles. The Labute approximate surface area is 167 Å². The molecule has 0 amide bonds. The van der Waals surface area contributed by atoms with E-state index in [1.807, 2.05) is 0 Å². The first-order valence-electron chi connectivity index (χ1n) is 10.8. The van der Waals surface area contributed by atoms with Crippen LogP contribution >= 0.6 is 15.9 Å². The Morgan fingerprint density at radius 2 is 1.96 bits per heavy atom. The summed E-state index contributed by atoms with van der Waals surface area (Å²) in [6.45, 7) is 6.72. The lowest BCUT2D eigenvalue weighted by molar-refractivity contribution is -0.158. The lowest BCUT2D eigenvalue weighted by Crippen LogP contribution is -2.53. The smallest absolute Gasteiger partial charge is 0.302 e. The number of carbonyl (C=O) groups is 1. The Hall–Kier alpha value is -0.310. The number of hydrogen-bond acceptors (Lipinski definition) is 2. The van der Waals surface area contributed by atoms with E-state index in [-0.39, 0.29) is 12.1 Å². The van der Waals surface area contributed by atoms with E-state index < -0.39 is 0 Å². The van der Waals surface area contributed by atoms with Crippen molar-refractivity contribution < 1.29 is 9.53 Å². The third-order valence-corrected chi connectivity index (χ3v) is 9.45. The maximum atomic E-state index is 11.4. The first-order chi connectivity index (χ1) is 12.4. The van der Waals surface area contributed by atoms with Gasteiger partial charge in [-0.05, 0) is 92.3 Å². The highest BCUT2D eigenvalue weighted by molar-refractivity contribution is 9.09. The number of carbonyl (C=O) groups excluding carboxylic acids is 1. The summed E-state index contributed by atoms with van der Waals surface area (Å²) in [6.07, 6.45) is 14.4. The van der Waals surface area contributed by atoms with Crippen LogP contribution in [-0.4, -0.2) is 17.4 Å². The summed E-state index contributed by atoms with van der Waals surface area (Å²) in [5.74, 6) is 3.36. The Morgan fingerprint density at radius 3 is 2.69 bits per heavy atom. The molecule has 4 fully saturated rings. The number of rotatable bonds is 2. The Bertz CT molecular complexity index is 599. The predicted octanol–water partition coefficient (Wildman–Crippen LogP) is 6.28. The fraction of sp³-hybridized carbons (Fsp3) is 0.870. The fourth-order valence-corrected chi connectivity index (χ4v) is 8.23. The molecular weight excluding hydrogens is 388 g/mol. The highest BCUT2D eigenvalue weighted by Gasteiger charge is 2.59. The van der Waals surface area contributed by atoms with Crippen molar-refractivity contribution in [3.8, 4) is 0 Å². The van der Waals surface area contributed by atoms with Crippen molar-refractivity contribution in [3.05, 3.63) is 11.6 Å². The van der Waals surface area contributed by atoms with Crippen molar-refractivity contribution >= 4 is 21.9 Å². The summed E-state index contributed by atoms with van der Waals surface area (Å²) in [7, 11) is 0. The minimum atomic E-state index is -0.0993. The van der Waals surface area contributed by atoms with Gasteiger partial charge in [-0.15, -0.1) is 0 Å². The highest BCUT2D eigenvalue weighted by Crippen LogP contribution is 2.67. The molecule has 26 heavy (non-hydrogen) atoms. The van der Waals surface area contributed by atoms with Gasteiger partial charge in [-0.1, -0.05) is 41.4 Å².